The molecule has 0 spiro atoms. The summed E-state index contributed by atoms with van der Waals surface area (Å²) in [6.07, 6.45) is 1.92. The number of rotatable bonds is 4. The number of benzene rings is 2. The fourth-order valence-corrected chi connectivity index (χ4v) is 3.62. The average molecular weight is 351 g/mol. The minimum absolute atomic E-state index is 0.0308. The van der Waals surface area contributed by atoms with E-state index in [-0.39, 0.29) is 17.3 Å². The Kier molecular flexibility index (Phi) is 4.96. The van der Waals surface area contributed by atoms with E-state index in [1.54, 1.807) is 0 Å². The molecule has 2 nitrogen and oxygen atoms in total. The van der Waals surface area contributed by atoms with Gasteiger partial charge in [-0.25, -0.2) is 0 Å². The minimum atomic E-state index is -0.316. The predicted octanol–water partition coefficient (Wildman–Crippen LogP) is 5.80. The van der Waals surface area contributed by atoms with E-state index in [1.807, 2.05) is 0 Å². The molecule has 2 heteroatoms. The summed E-state index contributed by atoms with van der Waals surface area (Å²) in [5, 5.41) is 0. The Morgan fingerprint density at radius 1 is 1.08 bits per heavy atom. The number of aryl methyl sites for hydroxylation is 1. The summed E-state index contributed by atoms with van der Waals surface area (Å²) in [5.74, 6) is 0.835. The van der Waals surface area contributed by atoms with Gasteiger partial charge in [-0.2, -0.15) is 0 Å². The lowest BCUT2D eigenvalue weighted by atomic mass is 9.81. The molecule has 0 N–H and O–H groups in total. The summed E-state index contributed by atoms with van der Waals surface area (Å²) in [5.41, 5.74) is 5.78. The van der Waals surface area contributed by atoms with Crippen molar-refractivity contribution in [3.05, 3.63) is 64.2 Å². The SMILES string of the molecule is CCc1ccc(C2C(=O)Oc3c(CC(C)C)cc(C(C)(C)C)cc32)cc1. The molecule has 0 radical (unpaired) electrons. The molecule has 0 aromatic heterocycles. The van der Waals surface area contributed by atoms with Gasteiger partial charge in [-0.05, 0) is 46.4 Å². The first-order chi connectivity index (χ1) is 12.2. The monoisotopic (exact) mass is 350 g/mol. The Morgan fingerprint density at radius 3 is 2.27 bits per heavy atom. The summed E-state index contributed by atoms with van der Waals surface area (Å²) in [6.45, 7) is 13.2. The van der Waals surface area contributed by atoms with Gasteiger partial charge < -0.3 is 4.74 Å². The molecule has 0 aliphatic carbocycles. The minimum Gasteiger partial charge on any atom is -0.425 e. The second kappa shape index (κ2) is 6.90. The average Bonchev–Trinajstić information content (AvgIpc) is 2.90. The Morgan fingerprint density at radius 2 is 1.73 bits per heavy atom. The molecule has 1 aliphatic rings. The molecule has 0 fully saturated rings. The first-order valence-electron chi connectivity index (χ1n) is 9.68. The molecule has 138 valence electrons. The van der Waals surface area contributed by atoms with Crippen molar-refractivity contribution in [3.63, 3.8) is 0 Å². The highest BCUT2D eigenvalue weighted by Crippen LogP contribution is 2.44. The maximum absolute atomic E-state index is 12.8. The highest BCUT2D eigenvalue weighted by atomic mass is 16.5. The van der Waals surface area contributed by atoms with Crippen molar-refractivity contribution in [2.24, 2.45) is 5.92 Å². The van der Waals surface area contributed by atoms with Crippen LogP contribution in [0.15, 0.2) is 36.4 Å². The van der Waals surface area contributed by atoms with Gasteiger partial charge in [-0.15, -0.1) is 0 Å². The highest BCUT2D eigenvalue weighted by Gasteiger charge is 2.37. The second-order valence-electron chi connectivity index (χ2n) is 8.85. The summed E-state index contributed by atoms with van der Waals surface area (Å²) < 4.78 is 5.79. The fraction of sp³-hybridized carbons (Fsp3) is 0.458. The number of fused-ring (bicyclic) bond motifs is 1. The second-order valence-corrected chi connectivity index (χ2v) is 8.85. The van der Waals surface area contributed by atoms with E-state index in [0.717, 1.165) is 35.3 Å². The molecule has 0 saturated heterocycles. The van der Waals surface area contributed by atoms with Gasteiger partial charge in [0.1, 0.15) is 11.7 Å². The molecule has 1 atom stereocenters. The van der Waals surface area contributed by atoms with E-state index < -0.39 is 0 Å². The van der Waals surface area contributed by atoms with Crippen LogP contribution in [0.3, 0.4) is 0 Å². The van der Waals surface area contributed by atoms with Crippen molar-refractivity contribution in [1.82, 2.24) is 0 Å². The number of carbonyl (C=O) groups excluding carboxylic acids is 1. The maximum Gasteiger partial charge on any atom is 0.323 e. The molecule has 0 bridgehead atoms. The summed E-state index contributed by atoms with van der Waals surface area (Å²) in [4.78, 5) is 12.8. The van der Waals surface area contributed by atoms with Crippen LogP contribution in [0.5, 0.6) is 5.75 Å². The third-order valence-corrected chi connectivity index (χ3v) is 5.16. The number of hydrogen-bond acceptors (Lipinski definition) is 2. The van der Waals surface area contributed by atoms with Crippen LogP contribution in [0.25, 0.3) is 0 Å². The normalized spacial score (nSPS) is 16.7. The molecule has 1 heterocycles. The number of hydrogen-bond donors (Lipinski definition) is 0. The van der Waals surface area contributed by atoms with Crippen molar-refractivity contribution in [2.45, 2.75) is 65.7 Å². The van der Waals surface area contributed by atoms with Crippen molar-refractivity contribution in [3.8, 4) is 5.75 Å². The molecule has 0 saturated carbocycles. The first-order valence-corrected chi connectivity index (χ1v) is 9.68. The molecule has 2 aromatic carbocycles. The number of carbonyl (C=O) groups is 1. The first kappa shape index (κ1) is 18.7. The predicted molar refractivity (Wildman–Crippen MR) is 107 cm³/mol. The van der Waals surface area contributed by atoms with Gasteiger partial charge in [0, 0.05) is 5.56 Å². The van der Waals surface area contributed by atoms with Gasteiger partial charge in [0.15, 0.2) is 0 Å². The van der Waals surface area contributed by atoms with Crippen LogP contribution in [-0.2, 0) is 23.1 Å². The lowest BCUT2D eigenvalue weighted by molar-refractivity contribution is -0.133. The van der Waals surface area contributed by atoms with Crippen LogP contribution in [0, 0.1) is 5.92 Å². The smallest absolute Gasteiger partial charge is 0.323 e. The topological polar surface area (TPSA) is 26.3 Å². The standard InChI is InChI=1S/C24H30O2/c1-7-16-8-10-17(11-9-16)21-20-14-19(24(4,5)6)13-18(12-15(2)3)22(20)26-23(21)25/h8-11,13-15,21H,7,12H2,1-6H3. The van der Waals surface area contributed by atoms with Crippen LogP contribution in [0.4, 0.5) is 0 Å². The lowest BCUT2D eigenvalue weighted by Crippen LogP contribution is -2.13. The zero-order valence-electron chi connectivity index (χ0n) is 16.8. The maximum atomic E-state index is 12.8. The zero-order chi connectivity index (χ0) is 19.1. The molecule has 1 aliphatic heterocycles. The van der Waals surface area contributed by atoms with Crippen LogP contribution >= 0.6 is 0 Å². The Bertz CT molecular complexity index is 807. The Balaban J connectivity index is 2.14. The summed E-state index contributed by atoms with van der Waals surface area (Å²) in [7, 11) is 0. The van der Waals surface area contributed by atoms with Crippen molar-refractivity contribution in [2.75, 3.05) is 0 Å². The van der Waals surface area contributed by atoms with Gasteiger partial charge in [0.05, 0.1) is 0 Å². The molecule has 26 heavy (non-hydrogen) atoms. The molecule has 2 aromatic rings. The molecule has 1 unspecified atom stereocenters. The van der Waals surface area contributed by atoms with Crippen molar-refractivity contribution in [1.29, 1.82) is 0 Å². The van der Waals surface area contributed by atoms with E-state index in [1.165, 1.54) is 11.1 Å². The van der Waals surface area contributed by atoms with Gasteiger partial charge >= 0.3 is 5.97 Å². The third kappa shape index (κ3) is 3.56. The van der Waals surface area contributed by atoms with E-state index in [4.69, 9.17) is 4.74 Å². The van der Waals surface area contributed by atoms with Gasteiger partial charge in [-0.3, -0.25) is 4.79 Å². The van der Waals surface area contributed by atoms with E-state index in [0.29, 0.717) is 5.92 Å². The summed E-state index contributed by atoms with van der Waals surface area (Å²) in [6, 6.07) is 12.8. The fourth-order valence-electron chi connectivity index (χ4n) is 3.62. The number of ether oxygens (including phenoxy) is 1. The molecule has 3 rings (SSSR count). The third-order valence-electron chi connectivity index (χ3n) is 5.16. The Hall–Kier alpha value is -2.09. The largest absolute Gasteiger partial charge is 0.425 e. The van der Waals surface area contributed by atoms with Crippen molar-refractivity contribution >= 4 is 5.97 Å². The zero-order valence-corrected chi connectivity index (χ0v) is 16.8. The molecule has 0 amide bonds. The molecular formula is C24H30O2. The van der Waals surface area contributed by atoms with E-state index in [2.05, 4.69) is 77.9 Å². The van der Waals surface area contributed by atoms with Crippen LogP contribution in [0.2, 0.25) is 0 Å². The van der Waals surface area contributed by atoms with Crippen LogP contribution in [0.1, 0.15) is 75.3 Å². The van der Waals surface area contributed by atoms with Gasteiger partial charge in [-0.1, -0.05) is 77.9 Å². The van der Waals surface area contributed by atoms with Gasteiger partial charge in [0.2, 0.25) is 0 Å². The van der Waals surface area contributed by atoms with E-state index in [9.17, 15) is 4.79 Å². The van der Waals surface area contributed by atoms with Crippen molar-refractivity contribution < 1.29 is 9.53 Å². The van der Waals surface area contributed by atoms with Gasteiger partial charge in [0.25, 0.3) is 0 Å². The summed E-state index contributed by atoms with van der Waals surface area (Å²) >= 11 is 0. The lowest BCUT2D eigenvalue weighted by Gasteiger charge is -2.22. The molecular weight excluding hydrogens is 320 g/mol. The van der Waals surface area contributed by atoms with E-state index >= 15 is 0 Å². The quantitative estimate of drug-likeness (QED) is 0.515. The number of esters is 1. The highest BCUT2D eigenvalue weighted by molar-refractivity contribution is 5.90. The van der Waals surface area contributed by atoms with Crippen LogP contribution < -0.4 is 4.74 Å². The van der Waals surface area contributed by atoms with Crippen LogP contribution in [-0.4, -0.2) is 5.97 Å². The Labute approximate surface area is 157 Å².